The molecule has 0 spiro atoms. The molecule has 0 unspecified atom stereocenters. The second-order valence-electron chi connectivity index (χ2n) is 6.76. The fraction of sp³-hybridized carbons (Fsp3) is 0.667. The van der Waals surface area contributed by atoms with Crippen molar-refractivity contribution < 1.29 is 19.7 Å². The van der Waals surface area contributed by atoms with Crippen LogP contribution in [0.4, 0.5) is 5.82 Å². The van der Waals surface area contributed by atoms with E-state index in [1.54, 1.807) is 6.07 Å². The van der Waals surface area contributed by atoms with Crippen molar-refractivity contribution in [2.24, 2.45) is 5.92 Å². The third-order valence-electron chi connectivity index (χ3n) is 5.22. The number of morpholine rings is 1. The largest absolute Gasteiger partial charge is 0.477 e. The van der Waals surface area contributed by atoms with E-state index in [9.17, 15) is 9.90 Å². The molecular weight excluding hydrogens is 322 g/mol. The Morgan fingerprint density at radius 2 is 2.08 bits per heavy atom. The molecule has 0 amide bonds. The zero-order chi connectivity index (χ0) is 17.6. The lowest BCUT2D eigenvalue weighted by atomic mass is 9.87. The first kappa shape index (κ1) is 18.1. The minimum Gasteiger partial charge on any atom is -0.477 e. The molecule has 7 nitrogen and oxygen atoms in total. The van der Waals surface area contributed by atoms with Crippen molar-refractivity contribution in [3.63, 3.8) is 0 Å². The van der Waals surface area contributed by atoms with Crippen molar-refractivity contribution in [1.82, 2.24) is 9.88 Å². The predicted octanol–water partition coefficient (Wildman–Crippen LogP) is 1.08. The van der Waals surface area contributed by atoms with Crippen LogP contribution in [0.15, 0.2) is 18.2 Å². The number of carboxylic acids is 1. The van der Waals surface area contributed by atoms with Gasteiger partial charge < -0.3 is 19.8 Å². The number of rotatable bonds is 6. The Balaban J connectivity index is 1.72. The lowest BCUT2D eigenvalue weighted by molar-refractivity contribution is -0.00415. The molecule has 2 saturated heterocycles. The highest BCUT2D eigenvalue weighted by Gasteiger charge is 2.34. The normalized spacial score (nSPS) is 25.1. The van der Waals surface area contributed by atoms with Crippen molar-refractivity contribution in [2.75, 3.05) is 50.9 Å². The van der Waals surface area contributed by atoms with Crippen LogP contribution in [0.5, 0.6) is 0 Å². The molecule has 2 N–H and O–H groups in total. The van der Waals surface area contributed by atoms with Gasteiger partial charge in [0.1, 0.15) is 5.82 Å². The highest BCUT2D eigenvalue weighted by Crippen LogP contribution is 2.29. The summed E-state index contributed by atoms with van der Waals surface area (Å²) >= 11 is 0. The average Bonchev–Trinajstić information content (AvgIpc) is 2.67. The Labute approximate surface area is 148 Å². The summed E-state index contributed by atoms with van der Waals surface area (Å²) in [6.07, 6.45) is 2.78. The summed E-state index contributed by atoms with van der Waals surface area (Å²) in [7, 11) is 0. The van der Waals surface area contributed by atoms with Crippen LogP contribution in [-0.4, -0.2) is 78.1 Å². The van der Waals surface area contributed by atoms with Gasteiger partial charge in [0.2, 0.25) is 0 Å². The fourth-order valence-corrected chi connectivity index (χ4v) is 3.97. The van der Waals surface area contributed by atoms with Crippen molar-refractivity contribution in [1.29, 1.82) is 0 Å². The van der Waals surface area contributed by atoms with Gasteiger partial charge in [-0.15, -0.1) is 0 Å². The maximum atomic E-state index is 11.2. The number of piperidine rings is 1. The van der Waals surface area contributed by atoms with Gasteiger partial charge in [-0.2, -0.15) is 0 Å². The van der Waals surface area contributed by atoms with Gasteiger partial charge in [0.15, 0.2) is 5.69 Å². The van der Waals surface area contributed by atoms with Crippen LogP contribution < -0.4 is 4.90 Å². The van der Waals surface area contributed by atoms with Gasteiger partial charge in [-0.1, -0.05) is 6.07 Å². The molecule has 1 aromatic heterocycles. The number of aliphatic hydroxyl groups is 1. The standard InChI is InChI=1S/C18H27N3O4/c22-10-2-3-14-13-21(17-5-1-4-15(19-17)18(23)24)7-6-16(14)20-8-11-25-12-9-20/h1,4-5,14,16,22H,2-3,6-13H2,(H,23,24)/t14-,16+/m1/s1. The third-order valence-corrected chi connectivity index (χ3v) is 5.22. The molecule has 2 aliphatic rings. The predicted molar refractivity (Wildman–Crippen MR) is 94.0 cm³/mol. The molecule has 0 aliphatic carbocycles. The van der Waals surface area contributed by atoms with E-state index in [1.165, 1.54) is 6.07 Å². The van der Waals surface area contributed by atoms with Crippen molar-refractivity contribution in [3.05, 3.63) is 23.9 Å². The Morgan fingerprint density at radius 3 is 2.80 bits per heavy atom. The summed E-state index contributed by atoms with van der Waals surface area (Å²) in [5, 5.41) is 18.4. The summed E-state index contributed by atoms with van der Waals surface area (Å²) < 4.78 is 5.48. The van der Waals surface area contributed by atoms with Crippen LogP contribution in [0, 0.1) is 5.92 Å². The maximum absolute atomic E-state index is 11.2. The average molecular weight is 349 g/mol. The molecule has 0 saturated carbocycles. The number of pyridine rings is 1. The molecule has 3 rings (SSSR count). The van der Waals surface area contributed by atoms with Crippen LogP contribution in [0.1, 0.15) is 29.8 Å². The maximum Gasteiger partial charge on any atom is 0.354 e. The number of carboxylic acid groups (broad SMARTS) is 1. The van der Waals surface area contributed by atoms with Crippen molar-refractivity contribution >= 4 is 11.8 Å². The Kier molecular flexibility index (Phi) is 6.23. The van der Waals surface area contributed by atoms with Gasteiger partial charge >= 0.3 is 5.97 Å². The van der Waals surface area contributed by atoms with Crippen LogP contribution >= 0.6 is 0 Å². The van der Waals surface area contributed by atoms with Crippen LogP contribution in [0.3, 0.4) is 0 Å². The van der Waals surface area contributed by atoms with Crippen LogP contribution in [0.2, 0.25) is 0 Å². The lowest BCUT2D eigenvalue weighted by Crippen LogP contribution is -2.54. The summed E-state index contributed by atoms with van der Waals surface area (Å²) in [6, 6.07) is 5.65. The van der Waals surface area contributed by atoms with E-state index in [4.69, 9.17) is 9.84 Å². The van der Waals surface area contributed by atoms with Crippen LogP contribution in [-0.2, 0) is 4.74 Å². The van der Waals surface area contributed by atoms with Gasteiger partial charge in [0.05, 0.1) is 13.2 Å². The minimum atomic E-state index is -0.998. The molecule has 25 heavy (non-hydrogen) atoms. The summed E-state index contributed by atoms with van der Waals surface area (Å²) in [5.74, 6) is 0.172. The van der Waals surface area contributed by atoms with E-state index < -0.39 is 5.97 Å². The van der Waals surface area contributed by atoms with E-state index in [2.05, 4.69) is 14.8 Å². The van der Waals surface area contributed by atoms with E-state index in [-0.39, 0.29) is 12.3 Å². The first-order valence-corrected chi connectivity index (χ1v) is 9.07. The van der Waals surface area contributed by atoms with Gasteiger partial charge in [-0.3, -0.25) is 4.90 Å². The highest BCUT2D eigenvalue weighted by atomic mass is 16.5. The van der Waals surface area contributed by atoms with Gasteiger partial charge in [-0.25, -0.2) is 9.78 Å². The van der Waals surface area contributed by atoms with E-state index in [1.807, 2.05) is 6.07 Å². The van der Waals surface area contributed by atoms with Crippen molar-refractivity contribution in [3.8, 4) is 0 Å². The second-order valence-corrected chi connectivity index (χ2v) is 6.76. The number of ether oxygens (including phenoxy) is 1. The summed E-state index contributed by atoms with van der Waals surface area (Å²) in [5.41, 5.74) is 0.0831. The topological polar surface area (TPSA) is 86.1 Å². The molecule has 2 aliphatic heterocycles. The molecule has 3 heterocycles. The van der Waals surface area contributed by atoms with Gasteiger partial charge in [0, 0.05) is 38.8 Å². The number of aliphatic hydroxyl groups excluding tert-OH is 1. The second kappa shape index (κ2) is 8.60. The Bertz CT molecular complexity index is 577. The lowest BCUT2D eigenvalue weighted by Gasteiger charge is -2.45. The zero-order valence-corrected chi connectivity index (χ0v) is 14.5. The highest BCUT2D eigenvalue weighted by molar-refractivity contribution is 5.85. The molecule has 0 bridgehead atoms. The SMILES string of the molecule is O=C(O)c1cccc(N2CC[C@H](N3CCOCC3)[C@H](CCCO)C2)n1. The quantitative estimate of drug-likeness (QED) is 0.795. The summed E-state index contributed by atoms with van der Waals surface area (Å²) in [6.45, 7) is 5.43. The molecule has 2 fully saturated rings. The van der Waals surface area contributed by atoms with E-state index in [0.29, 0.717) is 12.0 Å². The van der Waals surface area contributed by atoms with Crippen molar-refractivity contribution in [2.45, 2.75) is 25.3 Å². The van der Waals surface area contributed by atoms with Gasteiger partial charge in [-0.05, 0) is 37.3 Å². The number of hydrogen-bond acceptors (Lipinski definition) is 6. The first-order chi connectivity index (χ1) is 12.2. The third kappa shape index (κ3) is 4.48. The molecule has 138 valence electrons. The molecule has 2 atom stereocenters. The first-order valence-electron chi connectivity index (χ1n) is 9.07. The molecule has 7 heteroatoms. The number of aromatic nitrogens is 1. The van der Waals surface area contributed by atoms with E-state index in [0.717, 1.165) is 64.5 Å². The molecule has 0 aromatic carbocycles. The molecule has 0 radical (unpaired) electrons. The monoisotopic (exact) mass is 349 g/mol. The van der Waals surface area contributed by atoms with E-state index >= 15 is 0 Å². The smallest absolute Gasteiger partial charge is 0.354 e. The molecular formula is C18H27N3O4. The zero-order valence-electron chi connectivity index (χ0n) is 14.5. The Hall–Kier alpha value is -1.70. The number of aromatic carboxylic acids is 1. The van der Waals surface area contributed by atoms with Gasteiger partial charge in [0.25, 0.3) is 0 Å². The number of nitrogens with zero attached hydrogens (tertiary/aromatic N) is 3. The Morgan fingerprint density at radius 1 is 1.28 bits per heavy atom. The summed E-state index contributed by atoms with van der Waals surface area (Å²) in [4.78, 5) is 20.2. The minimum absolute atomic E-state index is 0.0831. The molecule has 1 aromatic rings. The number of carbonyl (C=O) groups is 1. The number of anilines is 1. The van der Waals surface area contributed by atoms with Crippen LogP contribution in [0.25, 0.3) is 0 Å². The number of hydrogen-bond donors (Lipinski definition) is 2. The fourth-order valence-electron chi connectivity index (χ4n) is 3.97.